The third-order valence-corrected chi connectivity index (χ3v) is 3.88. The number of hydrogen-bond acceptors (Lipinski definition) is 2. The molecule has 0 atom stereocenters. The molecule has 0 aliphatic heterocycles. The lowest BCUT2D eigenvalue weighted by Crippen LogP contribution is -2.45. The second-order valence-electron chi connectivity index (χ2n) is 4.59. The fourth-order valence-electron chi connectivity index (χ4n) is 1.99. The topological polar surface area (TPSA) is 55.1 Å². The first-order chi connectivity index (χ1) is 8.87. The molecule has 0 radical (unpaired) electrons. The quantitative estimate of drug-likeness (QED) is 0.816. The van der Waals surface area contributed by atoms with Gasteiger partial charge in [-0.15, -0.1) is 0 Å². The molecule has 3 N–H and O–H groups in total. The number of hydrogen-bond donors (Lipinski definition) is 2. The van der Waals surface area contributed by atoms with Gasteiger partial charge >= 0.3 is 0 Å². The van der Waals surface area contributed by atoms with Gasteiger partial charge in [-0.1, -0.05) is 32.1 Å². The van der Waals surface area contributed by atoms with E-state index in [1.807, 2.05) is 13.8 Å². The van der Waals surface area contributed by atoms with E-state index in [9.17, 15) is 9.18 Å². The van der Waals surface area contributed by atoms with Crippen LogP contribution in [0.25, 0.3) is 0 Å². The molecule has 0 aliphatic carbocycles. The van der Waals surface area contributed by atoms with Crippen molar-refractivity contribution >= 4 is 28.8 Å². The highest BCUT2D eigenvalue weighted by atomic mass is 32.1. The first-order valence-corrected chi connectivity index (χ1v) is 6.65. The molecule has 5 heteroatoms. The second-order valence-corrected chi connectivity index (χ2v) is 5.03. The molecule has 1 aromatic rings. The Balaban J connectivity index is 3.03. The van der Waals surface area contributed by atoms with Crippen LogP contribution in [0.1, 0.15) is 32.3 Å². The lowest BCUT2D eigenvalue weighted by Gasteiger charge is -2.29. The molecule has 0 saturated heterocycles. The summed E-state index contributed by atoms with van der Waals surface area (Å²) in [6, 6.07) is 4.65. The number of halogens is 1. The molecule has 3 nitrogen and oxygen atoms in total. The van der Waals surface area contributed by atoms with Crippen LogP contribution in [0.4, 0.5) is 10.1 Å². The largest absolute Gasteiger partial charge is 0.392 e. The van der Waals surface area contributed by atoms with Crippen LogP contribution in [-0.4, -0.2) is 10.9 Å². The summed E-state index contributed by atoms with van der Waals surface area (Å²) >= 11 is 5.00. The number of amides is 1. The van der Waals surface area contributed by atoms with Crippen molar-refractivity contribution in [3.8, 4) is 0 Å². The molecule has 1 rings (SSSR count). The van der Waals surface area contributed by atoms with Crippen molar-refractivity contribution in [1.29, 1.82) is 0 Å². The number of carbonyl (C=O) groups excluding carboxylic acids is 1. The number of anilines is 1. The number of aryl methyl sites for hydroxylation is 1. The third-order valence-electron chi connectivity index (χ3n) is 3.49. The average molecular weight is 282 g/mol. The maximum atomic E-state index is 13.7. The third kappa shape index (κ3) is 3.10. The molecule has 104 valence electrons. The normalized spacial score (nSPS) is 11.2. The summed E-state index contributed by atoms with van der Waals surface area (Å²) in [5.41, 5.74) is 5.71. The highest BCUT2D eigenvalue weighted by molar-refractivity contribution is 7.80. The molecular weight excluding hydrogens is 263 g/mol. The Labute approximate surface area is 118 Å². The molecule has 1 amide bonds. The molecule has 0 saturated carbocycles. The van der Waals surface area contributed by atoms with E-state index in [1.54, 1.807) is 13.0 Å². The monoisotopic (exact) mass is 282 g/mol. The highest BCUT2D eigenvalue weighted by Gasteiger charge is 2.38. The number of carbonyl (C=O) groups is 1. The van der Waals surface area contributed by atoms with Crippen LogP contribution in [0.3, 0.4) is 0 Å². The lowest BCUT2D eigenvalue weighted by atomic mass is 9.81. The Morgan fingerprint density at radius 1 is 1.42 bits per heavy atom. The Kier molecular flexibility index (Phi) is 5.00. The van der Waals surface area contributed by atoms with Crippen molar-refractivity contribution in [1.82, 2.24) is 0 Å². The van der Waals surface area contributed by atoms with Crippen LogP contribution in [0.5, 0.6) is 0 Å². The summed E-state index contributed by atoms with van der Waals surface area (Å²) in [6.07, 6.45) is 0.969. The zero-order chi connectivity index (χ0) is 14.6. The number of benzene rings is 1. The SMILES string of the molecule is CCC(CC)(C(=O)Nc1ccc(C)cc1F)C(N)=S. The van der Waals surface area contributed by atoms with Gasteiger partial charge in [0.2, 0.25) is 5.91 Å². The van der Waals surface area contributed by atoms with E-state index in [0.717, 1.165) is 5.56 Å². The smallest absolute Gasteiger partial charge is 0.237 e. The zero-order valence-corrected chi connectivity index (χ0v) is 12.2. The summed E-state index contributed by atoms with van der Waals surface area (Å²) in [5.74, 6) is -0.815. The Hall–Kier alpha value is -1.49. The molecule has 0 aliphatic rings. The first-order valence-electron chi connectivity index (χ1n) is 6.25. The molecule has 0 bridgehead atoms. The van der Waals surface area contributed by atoms with E-state index >= 15 is 0 Å². The summed E-state index contributed by atoms with van der Waals surface area (Å²) in [4.78, 5) is 12.5. The Bertz CT molecular complexity index is 498. The van der Waals surface area contributed by atoms with Gasteiger partial charge in [0, 0.05) is 0 Å². The number of nitrogens with two attached hydrogens (primary N) is 1. The van der Waals surface area contributed by atoms with Crippen molar-refractivity contribution in [3.05, 3.63) is 29.6 Å². The van der Waals surface area contributed by atoms with Crippen molar-refractivity contribution in [2.45, 2.75) is 33.6 Å². The van der Waals surface area contributed by atoms with Gasteiger partial charge in [-0.25, -0.2) is 4.39 Å². The van der Waals surface area contributed by atoms with Gasteiger partial charge in [0.15, 0.2) is 0 Å². The van der Waals surface area contributed by atoms with Gasteiger partial charge in [0.25, 0.3) is 0 Å². The van der Waals surface area contributed by atoms with Gasteiger partial charge in [-0.05, 0) is 37.5 Å². The molecule has 0 spiro atoms. The Morgan fingerprint density at radius 3 is 2.42 bits per heavy atom. The van der Waals surface area contributed by atoms with Crippen molar-refractivity contribution in [2.24, 2.45) is 11.1 Å². The Morgan fingerprint density at radius 2 is 2.00 bits per heavy atom. The standard InChI is InChI=1S/C14H19FN2OS/c1-4-14(5-2,12(16)19)13(18)17-11-7-6-9(3)8-10(11)15/h6-8H,4-5H2,1-3H3,(H2,16,19)(H,17,18). The van der Waals surface area contributed by atoms with Crippen LogP contribution < -0.4 is 11.1 Å². The lowest BCUT2D eigenvalue weighted by molar-refractivity contribution is -0.122. The van der Waals surface area contributed by atoms with Crippen LogP contribution >= 0.6 is 12.2 Å². The molecule has 19 heavy (non-hydrogen) atoms. The predicted molar refractivity (Wildman–Crippen MR) is 79.6 cm³/mol. The average Bonchev–Trinajstić information content (AvgIpc) is 2.34. The number of thiocarbonyl (C=S) groups is 1. The summed E-state index contributed by atoms with van der Waals surface area (Å²) < 4.78 is 13.7. The van der Waals surface area contributed by atoms with Gasteiger partial charge < -0.3 is 11.1 Å². The van der Waals surface area contributed by atoms with E-state index < -0.39 is 11.2 Å². The maximum Gasteiger partial charge on any atom is 0.237 e. The van der Waals surface area contributed by atoms with Crippen molar-refractivity contribution in [3.63, 3.8) is 0 Å². The zero-order valence-electron chi connectivity index (χ0n) is 11.4. The van der Waals surface area contributed by atoms with Gasteiger partial charge in [0.1, 0.15) is 5.82 Å². The summed E-state index contributed by atoms with van der Waals surface area (Å²) in [7, 11) is 0. The molecule has 0 fully saturated rings. The fraction of sp³-hybridized carbons (Fsp3) is 0.429. The van der Waals surface area contributed by atoms with E-state index in [2.05, 4.69) is 5.32 Å². The minimum atomic E-state index is -0.924. The summed E-state index contributed by atoms with van der Waals surface area (Å²) in [5, 5.41) is 2.58. The maximum absolute atomic E-state index is 13.7. The van der Waals surface area contributed by atoms with Crippen LogP contribution in [-0.2, 0) is 4.79 Å². The van der Waals surface area contributed by atoms with Crippen LogP contribution in [0, 0.1) is 18.2 Å². The van der Waals surface area contributed by atoms with E-state index in [4.69, 9.17) is 18.0 Å². The van der Waals surface area contributed by atoms with Crippen molar-refractivity contribution < 1.29 is 9.18 Å². The van der Waals surface area contributed by atoms with Crippen LogP contribution in [0.2, 0.25) is 0 Å². The number of rotatable bonds is 5. The molecule has 0 heterocycles. The van der Waals surface area contributed by atoms with Gasteiger partial charge in [-0.2, -0.15) is 0 Å². The first kappa shape index (κ1) is 15.6. The van der Waals surface area contributed by atoms with E-state index in [-0.39, 0.29) is 16.6 Å². The van der Waals surface area contributed by atoms with E-state index in [1.165, 1.54) is 12.1 Å². The van der Waals surface area contributed by atoms with Gasteiger partial charge in [0.05, 0.1) is 16.1 Å². The minimum Gasteiger partial charge on any atom is -0.392 e. The van der Waals surface area contributed by atoms with Crippen LogP contribution in [0.15, 0.2) is 18.2 Å². The molecular formula is C14H19FN2OS. The molecule has 0 unspecified atom stereocenters. The summed E-state index contributed by atoms with van der Waals surface area (Å²) in [6.45, 7) is 5.47. The predicted octanol–water partition coefficient (Wildman–Crippen LogP) is 3.17. The fourth-order valence-corrected chi connectivity index (χ4v) is 2.38. The van der Waals surface area contributed by atoms with E-state index in [0.29, 0.717) is 12.8 Å². The van der Waals surface area contributed by atoms with Gasteiger partial charge in [-0.3, -0.25) is 4.79 Å². The second kappa shape index (κ2) is 6.10. The molecule has 0 aromatic heterocycles. The van der Waals surface area contributed by atoms with Crippen molar-refractivity contribution in [2.75, 3.05) is 5.32 Å². The molecule has 1 aromatic carbocycles. The minimum absolute atomic E-state index is 0.141. The number of nitrogens with one attached hydrogen (secondary N) is 1. The highest BCUT2D eigenvalue weighted by Crippen LogP contribution is 2.29.